The molecule has 0 bridgehead atoms. The Morgan fingerprint density at radius 1 is 0.246 bits per heavy atom. The van der Waals surface area contributed by atoms with Gasteiger partial charge >= 0.3 is 0 Å². The average Bonchev–Trinajstić information content (AvgIpc) is 3.72. The lowest BCUT2D eigenvalue weighted by Gasteiger charge is -2.16. The molecule has 2 heterocycles. The predicted molar refractivity (Wildman–Crippen MR) is 274 cm³/mol. The Balaban J connectivity index is 1.10. The second-order valence-corrected chi connectivity index (χ2v) is 17.0. The summed E-state index contributed by atoms with van der Waals surface area (Å²) in [6.45, 7) is 0. The molecule has 3 nitrogen and oxygen atoms in total. The van der Waals surface area contributed by atoms with Crippen LogP contribution in [0.15, 0.2) is 237 Å². The molecule has 0 aliphatic carbocycles. The minimum absolute atomic E-state index is 0.667. The van der Waals surface area contributed by atoms with Crippen molar-refractivity contribution in [3.8, 4) is 61.8 Å². The van der Waals surface area contributed by atoms with E-state index in [-0.39, 0.29) is 0 Å². The van der Waals surface area contributed by atoms with Gasteiger partial charge in [0, 0.05) is 33.2 Å². The summed E-state index contributed by atoms with van der Waals surface area (Å²) in [7, 11) is 0. The molecule has 0 N–H and O–H groups in total. The topological polar surface area (TPSA) is 30.7 Å². The molecule has 13 aromatic rings. The third-order valence-corrected chi connectivity index (χ3v) is 13.1. The Hall–Kier alpha value is -8.66. The van der Waals surface area contributed by atoms with Crippen molar-refractivity contribution in [1.82, 2.24) is 14.5 Å². The molecule has 0 amide bonds. The Bertz CT molecular complexity index is 3960. The number of hydrogen-bond acceptors (Lipinski definition) is 2. The van der Waals surface area contributed by atoms with E-state index in [0.717, 1.165) is 55.9 Å². The highest BCUT2D eigenvalue weighted by Gasteiger charge is 2.19. The highest BCUT2D eigenvalue weighted by atomic mass is 15.0. The van der Waals surface area contributed by atoms with Crippen LogP contribution < -0.4 is 0 Å². The third-order valence-electron chi connectivity index (χ3n) is 13.1. The van der Waals surface area contributed by atoms with Crippen LogP contribution in [0.1, 0.15) is 0 Å². The lowest BCUT2D eigenvalue weighted by Crippen LogP contribution is -1.99. The van der Waals surface area contributed by atoms with Crippen molar-refractivity contribution in [1.29, 1.82) is 0 Å². The van der Waals surface area contributed by atoms with Crippen molar-refractivity contribution in [3.63, 3.8) is 0 Å². The molecular weight excluding hydrogens is 787 g/mol. The standard InChI is InChI=1S/C62H39N3/c1-3-15-40(16-4-1)45-30-32-56-55-25-13-14-26-60(55)65(61(56)38-45)49-35-47(44-29-31-54-52-23-10-9-21-50(52)51-22-11-12-24-53(51)57(54)37-44)34-48(36-49)62-63-58(42-18-5-2-6-19-42)39-59(64-62)46-28-27-41-17-7-8-20-43(41)33-46/h1-39H. The molecule has 0 aliphatic rings. The molecule has 0 spiro atoms. The number of para-hydroxylation sites is 1. The Morgan fingerprint density at radius 2 is 0.754 bits per heavy atom. The number of fused-ring (bicyclic) bond motifs is 10. The molecule has 0 radical (unpaired) electrons. The highest BCUT2D eigenvalue weighted by Crippen LogP contribution is 2.41. The number of benzene rings is 11. The van der Waals surface area contributed by atoms with E-state index < -0.39 is 0 Å². The minimum Gasteiger partial charge on any atom is -0.309 e. The largest absolute Gasteiger partial charge is 0.309 e. The van der Waals surface area contributed by atoms with Crippen LogP contribution in [-0.2, 0) is 0 Å². The van der Waals surface area contributed by atoms with Gasteiger partial charge < -0.3 is 4.57 Å². The SMILES string of the molecule is c1ccc(-c2ccc3c4ccccc4n(-c4cc(-c5ccc6c7ccccc7c7ccccc7c6c5)cc(-c5nc(-c6ccccc6)cc(-c6ccc7ccccc7c6)n5)c4)c3c2)cc1. The number of rotatable bonds is 6. The maximum atomic E-state index is 5.45. The monoisotopic (exact) mass is 825 g/mol. The highest BCUT2D eigenvalue weighted by molar-refractivity contribution is 6.25. The molecular formula is C62H39N3. The molecule has 302 valence electrons. The van der Waals surface area contributed by atoms with Crippen molar-refractivity contribution in [2.24, 2.45) is 0 Å². The van der Waals surface area contributed by atoms with Gasteiger partial charge in [-0.2, -0.15) is 0 Å². The van der Waals surface area contributed by atoms with E-state index in [2.05, 4.69) is 241 Å². The van der Waals surface area contributed by atoms with E-state index in [0.29, 0.717) is 5.82 Å². The summed E-state index contributed by atoms with van der Waals surface area (Å²) >= 11 is 0. The van der Waals surface area contributed by atoms with Gasteiger partial charge in [-0.1, -0.05) is 188 Å². The van der Waals surface area contributed by atoms with Crippen molar-refractivity contribution < 1.29 is 0 Å². The normalized spacial score (nSPS) is 11.7. The van der Waals surface area contributed by atoms with Crippen LogP contribution >= 0.6 is 0 Å². The first kappa shape index (κ1) is 36.9. The molecule has 13 rings (SSSR count). The Kier molecular flexibility index (Phi) is 8.53. The molecule has 0 fully saturated rings. The van der Waals surface area contributed by atoms with Crippen molar-refractivity contribution in [3.05, 3.63) is 237 Å². The van der Waals surface area contributed by atoms with Crippen LogP contribution in [0.2, 0.25) is 0 Å². The lowest BCUT2D eigenvalue weighted by molar-refractivity contribution is 1.16. The quantitative estimate of drug-likeness (QED) is 0.156. The van der Waals surface area contributed by atoms with Crippen molar-refractivity contribution in [2.75, 3.05) is 0 Å². The molecule has 0 unspecified atom stereocenters. The molecule has 0 saturated heterocycles. The summed E-state index contributed by atoms with van der Waals surface area (Å²) in [5.74, 6) is 0.667. The van der Waals surface area contributed by atoms with E-state index in [1.807, 2.05) is 0 Å². The summed E-state index contributed by atoms with van der Waals surface area (Å²) in [6, 6.07) is 85.4. The summed E-state index contributed by atoms with van der Waals surface area (Å²) in [6.07, 6.45) is 0. The number of hydrogen-bond donors (Lipinski definition) is 0. The van der Waals surface area contributed by atoms with E-state index >= 15 is 0 Å². The van der Waals surface area contributed by atoms with Crippen LogP contribution in [-0.4, -0.2) is 14.5 Å². The number of nitrogens with zero attached hydrogens (tertiary/aromatic N) is 3. The van der Waals surface area contributed by atoms with Crippen LogP contribution in [0, 0.1) is 0 Å². The zero-order valence-electron chi connectivity index (χ0n) is 35.4. The maximum absolute atomic E-state index is 5.45. The van der Waals surface area contributed by atoms with Gasteiger partial charge in [0.25, 0.3) is 0 Å². The van der Waals surface area contributed by atoms with Gasteiger partial charge in [-0.3, -0.25) is 0 Å². The molecule has 65 heavy (non-hydrogen) atoms. The summed E-state index contributed by atoms with van der Waals surface area (Å²) in [5, 5.41) is 12.3. The van der Waals surface area contributed by atoms with Crippen LogP contribution in [0.5, 0.6) is 0 Å². The fourth-order valence-corrected chi connectivity index (χ4v) is 10.0. The van der Waals surface area contributed by atoms with Gasteiger partial charge in [-0.05, 0) is 114 Å². The van der Waals surface area contributed by atoms with E-state index in [1.165, 1.54) is 65.0 Å². The fourth-order valence-electron chi connectivity index (χ4n) is 10.0. The number of aromatic nitrogens is 3. The summed E-state index contributed by atoms with van der Waals surface area (Å²) < 4.78 is 2.43. The molecule has 0 saturated carbocycles. The van der Waals surface area contributed by atoms with Gasteiger partial charge in [0.2, 0.25) is 0 Å². The Morgan fingerprint density at radius 3 is 1.48 bits per heavy atom. The smallest absolute Gasteiger partial charge is 0.160 e. The first-order valence-electron chi connectivity index (χ1n) is 22.2. The Labute approximate surface area is 376 Å². The van der Waals surface area contributed by atoms with Gasteiger partial charge in [0.15, 0.2) is 5.82 Å². The van der Waals surface area contributed by atoms with Crippen molar-refractivity contribution in [2.45, 2.75) is 0 Å². The average molecular weight is 826 g/mol. The zero-order chi connectivity index (χ0) is 42.8. The van der Waals surface area contributed by atoms with Crippen LogP contribution in [0.25, 0.3) is 127 Å². The molecule has 0 aliphatic heterocycles. The minimum atomic E-state index is 0.667. The molecule has 3 heteroatoms. The molecule has 2 aromatic heterocycles. The maximum Gasteiger partial charge on any atom is 0.160 e. The molecule has 11 aromatic carbocycles. The summed E-state index contributed by atoms with van der Waals surface area (Å²) in [4.78, 5) is 10.8. The molecule has 0 atom stereocenters. The van der Waals surface area contributed by atoms with Crippen LogP contribution in [0.4, 0.5) is 0 Å². The van der Waals surface area contributed by atoms with Gasteiger partial charge in [0.05, 0.1) is 22.4 Å². The van der Waals surface area contributed by atoms with E-state index in [4.69, 9.17) is 9.97 Å². The first-order valence-corrected chi connectivity index (χ1v) is 22.2. The summed E-state index contributed by atoms with van der Waals surface area (Å²) in [5.41, 5.74) is 12.7. The lowest BCUT2D eigenvalue weighted by atomic mass is 9.91. The van der Waals surface area contributed by atoms with E-state index in [1.54, 1.807) is 0 Å². The first-order chi connectivity index (χ1) is 32.2. The zero-order valence-corrected chi connectivity index (χ0v) is 35.4. The van der Waals surface area contributed by atoms with Gasteiger partial charge in [-0.25, -0.2) is 9.97 Å². The second-order valence-electron chi connectivity index (χ2n) is 17.0. The van der Waals surface area contributed by atoms with Gasteiger partial charge in [0.1, 0.15) is 0 Å². The van der Waals surface area contributed by atoms with Gasteiger partial charge in [-0.15, -0.1) is 0 Å². The predicted octanol–water partition coefficient (Wildman–Crippen LogP) is 16.5. The second kappa shape index (κ2) is 15.0. The fraction of sp³-hybridized carbons (Fsp3) is 0. The third kappa shape index (κ3) is 6.28. The van der Waals surface area contributed by atoms with E-state index in [9.17, 15) is 0 Å². The van der Waals surface area contributed by atoms with Crippen molar-refractivity contribution >= 4 is 64.9 Å². The van der Waals surface area contributed by atoms with Crippen LogP contribution in [0.3, 0.4) is 0 Å².